The number of carbonyl (C=O) groups excluding carboxylic acids is 2. The maximum Gasteiger partial charge on any atom is 0.437 e. The number of ether oxygens (including phenoxy) is 2. The van der Waals surface area contributed by atoms with E-state index in [1.54, 1.807) is 58.0 Å². The van der Waals surface area contributed by atoms with Gasteiger partial charge in [-0.2, -0.15) is 0 Å². The summed E-state index contributed by atoms with van der Waals surface area (Å²) in [6, 6.07) is 11.2. The van der Waals surface area contributed by atoms with Crippen LogP contribution in [0, 0.1) is 0 Å². The van der Waals surface area contributed by atoms with Crippen LogP contribution in [0.15, 0.2) is 47.5 Å². The standard InChI is InChI=1S/C30H36ClF2N3O5/c1-17-14-20(12-13-40-17)36-23(37)16-30(5,35-27(36)34-28(39)41-29(2,3)4)22-11-7-10-21(24(22)31)18-8-6-9-19(15-18)25(38)26(32)33/h6-11,15,17,20,25-26,38H,12-14,16H2,1-5H3,(H,34,35,39)/t17-,20-,25-,30-/m0/s1. The first kappa shape index (κ1) is 30.9. The minimum atomic E-state index is -2.94. The lowest BCUT2D eigenvalue weighted by atomic mass is 9.84. The number of aliphatic imine (C=N–C) groups is 1. The van der Waals surface area contributed by atoms with Crippen LogP contribution in [-0.2, 0) is 19.8 Å². The molecule has 2 amide bonds. The number of carbonyl (C=O) groups is 2. The Morgan fingerprint density at radius 2 is 1.98 bits per heavy atom. The van der Waals surface area contributed by atoms with E-state index in [0.29, 0.717) is 41.2 Å². The minimum absolute atomic E-state index is 0.0133. The van der Waals surface area contributed by atoms with Crippen molar-refractivity contribution in [1.82, 2.24) is 10.2 Å². The smallest absolute Gasteiger partial charge is 0.437 e. The molecule has 0 bridgehead atoms. The highest BCUT2D eigenvalue weighted by molar-refractivity contribution is 6.34. The van der Waals surface area contributed by atoms with Crippen molar-refractivity contribution in [1.29, 1.82) is 0 Å². The first-order chi connectivity index (χ1) is 19.2. The van der Waals surface area contributed by atoms with E-state index >= 15 is 0 Å². The molecule has 41 heavy (non-hydrogen) atoms. The van der Waals surface area contributed by atoms with Crippen molar-refractivity contribution in [3.8, 4) is 11.1 Å². The van der Waals surface area contributed by atoms with Crippen molar-refractivity contribution in [3.05, 3.63) is 58.6 Å². The molecule has 8 nitrogen and oxygen atoms in total. The van der Waals surface area contributed by atoms with E-state index in [9.17, 15) is 23.5 Å². The van der Waals surface area contributed by atoms with Gasteiger partial charge in [0.05, 0.1) is 23.1 Å². The monoisotopic (exact) mass is 591 g/mol. The molecule has 2 aromatic rings. The maximum atomic E-state index is 13.8. The third-order valence-corrected chi connectivity index (χ3v) is 7.58. The number of alkyl halides is 2. The Hall–Kier alpha value is -3.08. The summed E-state index contributed by atoms with van der Waals surface area (Å²) in [5, 5.41) is 13.5. The molecule has 0 spiro atoms. The Bertz CT molecular complexity index is 1330. The highest BCUT2D eigenvalue weighted by Crippen LogP contribution is 2.40. The molecule has 0 aliphatic carbocycles. The van der Waals surface area contributed by atoms with E-state index < -0.39 is 29.8 Å². The zero-order valence-electron chi connectivity index (χ0n) is 23.8. The molecule has 2 N–H and O–H groups in total. The number of rotatable bonds is 5. The van der Waals surface area contributed by atoms with Gasteiger partial charge in [0.2, 0.25) is 11.9 Å². The summed E-state index contributed by atoms with van der Waals surface area (Å²) in [4.78, 5) is 32.3. The fraction of sp³-hybridized carbons (Fsp3) is 0.500. The number of hydrogen-bond donors (Lipinski definition) is 2. The number of aliphatic hydroxyl groups is 1. The molecule has 2 aromatic carbocycles. The molecule has 2 heterocycles. The van der Waals surface area contributed by atoms with Gasteiger partial charge >= 0.3 is 6.09 Å². The van der Waals surface area contributed by atoms with Crippen LogP contribution in [0.3, 0.4) is 0 Å². The van der Waals surface area contributed by atoms with Gasteiger partial charge < -0.3 is 19.9 Å². The van der Waals surface area contributed by atoms with E-state index in [-0.39, 0.29) is 36.0 Å². The Balaban J connectivity index is 1.74. The summed E-state index contributed by atoms with van der Waals surface area (Å²) in [6.07, 6.45) is -4.60. The lowest BCUT2D eigenvalue weighted by Crippen LogP contribution is -2.63. The van der Waals surface area contributed by atoms with Gasteiger partial charge in [-0.15, -0.1) is 4.99 Å². The first-order valence-corrected chi connectivity index (χ1v) is 14.0. The lowest BCUT2D eigenvalue weighted by Gasteiger charge is -2.46. The zero-order valence-corrected chi connectivity index (χ0v) is 24.5. The Labute approximate surface area is 243 Å². The van der Waals surface area contributed by atoms with Gasteiger partial charge in [0.25, 0.3) is 6.43 Å². The molecule has 2 aliphatic heterocycles. The summed E-state index contributed by atoms with van der Waals surface area (Å²) < 4.78 is 37.4. The van der Waals surface area contributed by atoms with E-state index in [2.05, 4.69) is 10.3 Å². The number of nitrogens with zero attached hydrogens (tertiary/aromatic N) is 2. The fourth-order valence-electron chi connectivity index (χ4n) is 5.27. The molecular weight excluding hydrogens is 556 g/mol. The zero-order chi connectivity index (χ0) is 30.1. The molecule has 0 aromatic heterocycles. The fourth-order valence-corrected chi connectivity index (χ4v) is 5.72. The third-order valence-electron chi connectivity index (χ3n) is 7.17. The van der Waals surface area contributed by atoms with Gasteiger partial charge in [-0.1, -0.05) is 48.0 Å². The first-order valence-electron chi connectivity index (χ1n) is 13.6. The van der Waals surface area contributed by atoms with Gasteiger partial charge in [-0.05, 0) is 70.2 Å². The summed E-state index contributed by atoms with van der Waals surface area (Å²) in [7, 11) is 0. The third kappa shape index (κ3) is 7.05. The van der Waals surface area contributed by atoms with Crippen LogP contribution in [0.4, 0.5) is 13.6 Å². The summed E-state index contributed by atoms with van der Waals surface area (Å²) in [6.45, 7) is 9.39. The second-order valence-corrected chi connectivity index (χ2v) is 12.1. The van der Waals surface area contributed by atoms with Crippen LogP contribution < -0.4 is 5.32 Å². The van der Waals surface area contributed by atoms with E-state index in [1.807, 2.05) is 6.92 Å². The lowest BCUT2D eigenvalue weighted by molar-refractivity contribution is -0.134. The SMILES string of the molecule is C[C@H]1C[C@@H](N2C(=O)C[C@@](C)(c3cccc(-c4cccc([C@H](O)C(F)F)c4)c3Cl)N/C2=N\C(=O)OC(C)(C)C)CCO1. The number of benzene rings is 2. The van der Waals surface area contributed by atoms with Crippen LogP contribution in [0.1, 0.15) is 71.1 Å². The Morgan fingerprint density at radius 1 is 1.27 bits per heavy atom. The second-order valence-electron chi connectivity index (χ2n) is 11.7. The van der Waals surface area contributed by atoms with Crippen molar-refractivity contribution >= 4 is 29.6 Å². The molecule has 11 heteroatoms. The number of nitrogens with one attached hydrogen (secondary N) is 1. The van der Waals surface area contributed by atoms with Crippen molar-refractivity contribution < 1.29 is 33.0 Å². The van der Waals surface area contributed by atoms with Gasteiger partial charge in [0.15, 0.2) is 0 Å². The average molecular weight is 592 g/mol. The summed E-state index contributed by atoms with van der Waals surface area (Å²) >= 11 is 6.93. The summed E-state index contributed by atoms with van der Waals surface area (Å²) in [5.41, 5.74) is -0.177. The molecule has 2 saturated heterocycles. The number of aliphatic hydroxyl groups excluding tert-OH is 1. The van der Waals surface area contributed by atoms with Crippen molar-refractivity contribution in [2.24, 2.45) is 4.99 Å². The van der Waals surface area contributed by atoms with Crippen LogP contribution in [0.2, 0.25) is 5.02 Å². The number of amides is 2. The highest BCUT2D eigenvalue weighted by Gasteiger charge is 2.45. The van der Waals surface area contributed by atoms with E-state index in [0.717, 1.165) is 0 Å². The topological polar surface area (TPSA) is 100 Å². The van der Waals surface area contributed by atoms with Gasteiger partial charge in [0, 0.05) is 18.2 Å². The Morgan fingerprint density at radius 3 is 2.63 bits per heavy atom. The average Bonchev–Trinajstić information content (AvgIpc) is 2.86. The van der Waals surface area contributed by atoms with Gasteiger partial charge in [0.1, 0.15) is 11.7 Å². The van der Waals surface area contributed by atoms with Gasteiger partial charge in [-0.3, -0.25) is 9.69 Å². The molecule has 2 fully saturated rings. The highest BCUT2D eigenvalue weighted by atomic mass is 35.5. The molecule has 222 valence electrons. The molecule has 0 saturated carbocycles. The molecule has 4 rings (SSSR count). The van der Waals surface area contributed by atoms with Crippen molar-refractivity contribution in [2.45, 2.75) is 89.7 Å². The molecular formula is C30H36ClF2N3O5. The van der Waals surface area contributed by atoms with E-state index in [1.165, 1.54) is 17.0 Å². The van der Waals surface area contributed by atoms with Crippen LogP contribution in [0.25, 0.3) is 11.1 Å². The molecule has 4 atom stereocenters. The van der Waals surface area contributed by atoms with Crippen molar-refractivity contribution in [2.75, 3.05) is 6.61 Å². The van der Waals surface area contributed by atoms with Crippen LogP contribution in [0.5, 0.6) is 0 Å². The molecule has 2 aliphatic rings. The maximum absolute atomic E-state index is 13.8. The normalized spacial score (nSPS) is 25.3. The second kappa shape index (κ2) is 12.0. The number of halogens is 3. The molecule has 0 unspecified atom stereocenters. The van der Waals surface area contributed by atoms with E-state index in [4.69, 9.17) is 21.1 Å². The predicted molar refractivity (Wildman–Crippen MR) is 152 cm³/mol. The van der Waals surface area contributed by atoms with Crippen LogP contribution in [-0.4, -0.2) is 58.7 Å². The quantitative estimate of drug-likeness (QED) is 0.429. The predicted octanol–water partition coefficient (Wildman–Crippen LogP) is 6.20. The number of hydrogen-bond acceptors (Lipinski definition) is 5. The summed E-state index contributed by atoms with van der Waals surface area (Å²) in [5.74, 6) is -0.170. The van der Waals surface area contributed by atoms with Gasteiger partial charge in [-0.25, -0.2) is 13.6 Å². The number of guanidine groups is 1. The Kier molecular flexibility index (Phi) is 9.06. The minimum Gasteiger partial charge on any atom is -0.442 e. The van der Waals surface area contributed by atoms with Crippen LogP contribution >= 0.6 is 11.6 Å². The largest absolute Gasteiger partial charge is 0.442 e. The van der Waals surface area contributed by atoms with Crippen molar-refractivity contribution in [3.63, 3.8) is 0 Å². The molecule has 0 radical (unpaired) electrons.